The lowest BCUT2D eigenvalue weighted by molar-refractivity contribution is -0.202. The highest BCUT2D eigenvalue weighted by Gasteiger charge is 2.54. The number of hydrogen-bond acceptors (Lipinski definition) is 19. The van der Waals surface area contributed by atoms with E-state index in [-0.39, 0.29) is 36.9 Å². The number of nitrogens with two attached hydrogens (primary N) is 1. The standard InChI is InChI=1S/2C28H36N2O5.C23H23NO4.C5H13NO/c2*1-4-34-17-5-16-29-28(33)26-25(19-31)27(21(3)32)35-30(26)18-24-14-12-23(13-15-24)11-10-22-8-6-20(2)7-9-22;1-15-3-5-17(6-4-15)7-8-18-9-11-19(12-10-18)13-24-21-20(14-27-23(21)26)22(28-24)16(2)25;1-2-7-5-3-4-6/h2*6-9,12-15,21,25-27,31-32H,4-5,16-19H2,1-3H3,(H,29,33);3-6,9-12,16,20-22,25H,13-14H2,1-2H3;2-6H2,1H3/t2*21-,25-,26-,27-;16-,20-,21-,22-;/m000./s1. The lowest BCUT2D eigenvalue weighted by atomic mass is 9.92. The molecule has 0 aliphatic carbocycles. The molecular weight excluding hydrogens is 1330 g/mol. The Morgan fingerprint density at radius 1 is 0.476 bits per heavy atom. The number of fused-ring (bicyclic) bond motifs is 1. The highest BCUT2D eigenvalue weighted by atomic mass is 16.7. The van der Waals surface area contributed by atoms with Crippen molar-refractivity contribution in [2.75, 3.05) is 79.1 Å². The summed E-state index contributed by atoms with van der Waals surface area (Å²) in [5.41, 5.74) is 17.3. The average Bonchev–Trinajstić information content (AvgIpc) is 1.62. The molecule has 4 aliphatic heterocycles. The molecule has 564 valence electrons. The highest BCUT2D eigenvalue weighted by Crippen LogP contribution is 2.37. The fourth-order valence-corrected chi connectivity index (χ4v) is 12.2. The molecule has 0 radical (unpaired) electrons. The first-order valence-corrected chi connectivity index (χ1v) is 36.5. The maximum atomic E-state index is 13.0. The summed E-state index contributed by atoms with van der Waals surface area (Å²) in [6.45, 7) is 23.5. The summed E-state index contributed by atoms with van der Waals surface area (Å²) < 4.78 is 20.8. The number of esters is 1. The number of aliphatic hydroxyl groups is 5. The molecule has 0 spiro atoms. The van der Waals surface area contributed by atoms with Crippen LogP contribution in [0.4, 0.5) is 0 Å². The van der Waals surface area contributed by atoms with Crippen LogP contribution >= 0.6 is 0 Å². The van der Waals surface area contributed by atoms with Crippen LogP contribution in [0.1, 0.15) is 128 Å². The van der Waals surface area contributed by atoms with Crippen molar-refractivity contribution >= 4 is 17.8 Å². The molecule has 4 heterocycles. The molecule has 0 saturated carbocycles. The molecule has 9 N–H and O–H groups in total. The van der Waals surface area contributed by atoms with Gasteiger partial charge >= 0.3 is 5.97 Å². The van der Waals surface area contributed by atoms with E-state index >= 15 is 0 Å². The van der Waals surface area contributed by atoms with E-state index in [0.29, 0.717) is 78.6 Å². The van der Waals surface area contributed by atoms with Gasteiger partial charge in [0.05, 0.1) is 63.7 Å². The van der Waals surface area contributed by atoms with E-state index in [1.807, 2.05) is 180 Å². The molecule has 4 aliphatic rings. The van der Waals surface area contributed by atoms with Crippen LogP contribution in [0.5, 0.6) is 0 Å². The maximum Gasteiger partial charge on any atom is 0.326 e. The zero-order valence-electron chi connectivity index (χ0n) is 62.3. The van der Waals surface area contributed by atoms with Gasteiger partial charge in [-0.15, -0.1) is 0 Å². The fraction of sp³-hybridized carbons (Fsp3) is 0.464. The van der Waals surface area contributed by atoms with E-state index in [4.69, 9.17) is 39.2 Å². The van der Waals surface area contributed by atoms with Crippen molar-refractivity contribution < 1.29 is 73.4 Å². The number of amides is 2. The van der Waals surface area contributed by atoms with Crippen LogP contribution < -0.4 is 16.4 Å². The Morgan fingerprint density at radius 3 is 1.07 bits per heavy atom. The van der Waals surface area contributed by atoms with Crippen LogP contribution in [0.3, 0.4) is 0 Å². The monoisotopic (exact) mass is 1440 g/mol. The number of aliphatic hydroxyl groups excluding tert-OH is 5. The Morgan fingerprint density at radius 2 is 0.771 bits per heavy atom. The van der Waals surface area contributed by atoms with Crippen molar-refractivity contribution in [3.05, 3.63) is 212 Å². The van der Waals surface area contributed by atoms with Crippen molar-refractivity contribution in [1.29, 1.82) is 0 Å². The number of rotatable bonds is 27. The lowest BCUT2D eigenvalue weighted by Crippen LogP contribution is -2.47. The number of hydroxylamine groups is 6. The molecule has 4 fully saturated rings. The number of hydrogen-bond donors (Lipinski definition) is 8. The number of nitrogens with one attached hydrogen (secondary N) is 2. The largest absolute Gasteiger partial charge is 0.464 e. The second-order valence-electron chi connectivity index (χ2n) is 26.4. The molecule has 0 unspecified atom stereocenters. The van der Waals surface area contributed by atoms with E-state index in [1.54, 1.807) is 36.0 Å². The Balaban J connectivity index is 0.000000211. The number of cyclic esters (lactones) is 1. The molecule has 10 rings (SSSR count). The smallest absolute Gasteiger partial charge is 0.326 e. The molecule has 6 aromatic carbocycles. The molecule has 2 amide bonds. The number of carbonyl (C=O) groups excluding carboxylic acids is 3. The minimum atomic E-state index is -0.829. The van der Waals surface area contributed by atoms with Gasteiger partial charge in [0.2, 0.25) is 11.8 Å². The van der Waals surface area contributed by atoms with Gasteiger partial charge in [-0.2, -0.15) is 15.2 Å². The van der Waals surface area contributed by atoms with Crippen LogP contribution in [0.25, 0.3) is 0 Å². The van der Waals surface area contributed by atoms with Gasteiger partial charge in [-0.05, 0) is 178 Å². The lowest BCUT2D eigenvalue weighted by Gasteiger charge is -2.24. The normalized spacial score (nSPS) is 21.1. The summed E-state index contributed by atoms with van der Waals surface area (Å²) in [6, 6.07) is 45.8. The summed E-state index contributed by atoms with van der Waals surface area (Å²) in [7, 11) is 0. The van der Waals surface area contributed by atoms with Crippen LogP contribution in [-0.4, -0.2) is 192 Å². The van der Waals surface area contributed by atoms with Crippen LogP contribution in [0, 0.1) is 74.0 Å². The van der Waals surface area contributed by atoms with Crippen molar-refractivity contribution in [3.63, 3.8) is 0 Å². The first kappa shape index (κ1) is 84.1. The van der Waals surface area contributed by atoms with Crippen LogP contribution in [-0.2, 0) is 67.5 Å². The zero-order chi connectivity index (χ0) is 75.6. The minimum absolute atomic E-state index is 0.132. The molecular formula is C84H108N6O15. The predicted octanol–water partition coefficient (Wildman–Crippen LogP) is 7.63. The van der Waals surface area contributed by atoms with Crippen LogP contribution in [0.15, 0.2) is 146 Å². The number of nitrogens with zero attached hydrogens (tertiary/aromatic N) is 3. The van der Waals surface area contributed by atoms with Crippen molar-refractivity contribution in [1.82, 2.24) is 25.8 Å². The van der Waals surface area contributed by atoms with Crippen molar-refractivity contribution in [3.8, 4) is 35.5 Å². The maximum absolute atomic E-state index is 13.0. The topological polar surface area (TPSA) is 277 Å². The second kappa shape index (κ2) is 44.7. The fourth-order valence-electron chi connectivity index (χ4n) is 12.2. The molecule has 21 heteroatoms. The summed E-state index contributed by atoms with van der Waals surface area (Å²) in [4.78, 5) is 55.9. The molecule has 0 aromatic heterocycles. The SMILES string of the molecule is CCOCCCN.CCOCCCNC(=O)[C@@H]1[C@H](CO)[C@H]([C@H](C)O)ON1Cc1ccc(C#Cc2ccc(C)cc2)cc1.CCOCCCNC(=O)[C@@H]1[C@H](CO)[C@H]([C@H](C)O)ON1Cc1ccc(C#Cc2ccc(C)cc2)cc1.Cc1ccc(C#Cc2ccc(CN3O[C@@H]([C@H](C)O)[C@H]4COC(=O)[C@H]43)cc2)cc1. The van der Waals surface area contributed by atoms with E-state index in [2.05, 4.69) is 53.1 Å². The summed E-state index contributed by atoms with van der Waals surface area (Å²) >= 11 is 0. The van der Waals surface area contributed by atoms with Gasteiger partial charge in [0.15, 0.2) is 0 Å². The first-order valence-electron chi connectivity index (χ1n) is 36.5. The van der Waals surface area contributed by atoms with Gasteiger partial charge in [0.25, 0.3) is 0 Å². The van der Waals surface area contributed by atoms with Gasteiger partial charge in [0.1, 0.15) is 36.4 Å². The highest BCUT2D eigenvalue weighted by molar-refractivity contribution is 5.83. The average molecular weight is 1440 g/mol. The van der Waals surface area contributed by atoms with E-state index in [1.165, 1.54) is 16.7 Å². The Labute approximate surface area is 620 Å². The number of aryl methyl sites for hydroxylation is 3. The zero-order valence-corrected chi connectivity index (χ0v) is 62.3. The molecule has 6 aromatic rings. The Hall–Kier alpha value is -8.19. The quantitative estimate of drug-likeness (QED) is 0.0140. The number of ether oxygens (including phenoxy) is 4. The van der Waals surface area contributed by atoms with Gasteiger partial charge in [-0.1, -0.05) is 125 Å². The summed E-state index contributed by atoms with van der Waals surface area (Å²) in [5.74, 6) is 17.0. The molecule has 12 atom stereocenters. The van der Waals surface area contributed by atoms with Crippen molar-refractivity contribution in [2.45, 2.75) is 156 Å². The number of carbonyl (C=O) groups is 3. The molecule has 21 nitrogen and oxygen atoms in total. The molecule has 4 saturated heterocycles. The third-order valence-corrected chi connectivity index (χ3v) is 17.9. The summed E-state index contributed by atoms with van der Waals surface area (Å²) in [5, 5.41) is 60.9. The Kier molecular flexibility index (Phi) is 35.8. The van der Waals surface area contributed by atoms with E-state index < -0.39 is 66.6 Å². The predicted molar refractivity (Wildman–Crippen MR) is 402 cm³/mol. The summed E-state index contributed by atoms with van der Waals surface area (Å²) in [6.07, 6.45) is -1.70. The van der Waals surface area contributed by atoms with Crippen LogP contribution in [0.2, 0.25) is 0 Å². The van der Waals surface area contributed by atoms with Gasteiger partial charge in [-0.3, -0.25) is 28.9 Å². The van der Waals surface area contributed by atoms with Crippen molar-refractivity contribution in [2.24, 2.45) is 23.5 Å². The van der Waals surface area contributed by atoms with Gasteiger partial charge in [-0.25, -0.2) is 0 Å². The third kappa shape index (κ3) is 26.7. The van der Waals surface area contributed by atoms with E-state index in [9.17, 15) is 39.9 Å². The second-order valence-corrected chi connectivity index (χ2v) is 26.4. The molecule has 0 bridgehead atoms. The Bertz CT molecular complexity index is 3600. The first-order chi connectivity index (χ1) is 50.8. The third-order valence-electron chi connectivity index (χ3n) is 17.9. The van der Waals surface area contributed by atoms with Gasteiger partial charge in [0, 0.05) is 97.9 Å². The number of benzene rings is 6. The molecule has 105 heavy (non-hydrogen) atoms. The van der Waals surface area contributed by atoms with E-state index in [0.717, 1.165) is 76.3 Å². The van der Waals surface area contributed by atoms with Gasteiger partial charge < -0.3 is 60.8 Å². The minimum Gasteiger partial charge on any atom is -0.464 e.